The van der Waals surface area contributed by atoms with Gasteiger partial charge >= 0.3 is 0 Å². The number of aryl methyl sites for hydroxylation is 2. The predicted octanol–water partition coefficient (Wildman–Crippen LogP) is 2.44. The van der Waals surface area contributed by atoms with Crippen LogP contribution in [0.3, 0.4) is 0 Å². The monoisotopic (exact) mass is 357 g/mol. The fraction of sp³-hybridized carbons (Fsp3) is 0.500. The molecule has 3 atom stereocenters. The number of carbonyl (C=O) groups excluding carboxylic acids is 1. The van der Waals surface area contributed by atoms with Crippen molar-refractivity contribution in [3.63, 3.8) is 0 Å². The van der Waals surface area contributed by atoms with Crippen molar-refractivity contribution >= 4 is 5.91 Å². The summed E-state index contributed by atoms with van der Waals surface area (Å²) in [6, 6.07) is 9.23. The van der Waals surface area contributed by atoms with E-state index in [9.17, 15) is 9.90 Å². The number of aromatic amines is 1. The van der Waals surface area contributed by atoms with Crippen molar-refractivity contribution in [2.75, 3.05) is 0 Å². The Morgan fingerprint density at radius 2 is 2.08 bits per heavy atom. The van der Waals surface area contributed by atoms with Crippen molar-refractivity contribution in [1.29, 1.82) is 0 Å². The highest BCUT2D eigenvalue weighted by molar-refractivity contribution is 5.76. The predicted molar refractivity (Wildman–Crippen MR) is 99.0 cm³/mol. The smallest absolute Gasteiger partial charge is 0.220 e. The van der Waals surface area contributed by atoms with Gasteiger partial charge in [-0.25, -0.2) is 0 Å². The quantitative estimate of drug-likeness (QED) is 0.741. The van der Waals surface area contributed by atoms with Gasteiger partial charge in [0, 0.05) is 12.1 Å². The Morgan fingerprint density at radius 3 is 2.77 bits per heavy atom. The number of amides is 1. The van der Waals surface area contributed by atoms with Crippen molar-refractivity contribution in [2.45, 2.75) is 64.2 Å². The van der Waals surface area contributed by atoms with Gasteiger partial charge < -0.3 is 15.2 Å². The van der Waals surface area contributed by atoms with Crippen LogP contribution in [0.15, 0.2) is 30.3 Å². The number of hydrogen-bond donors (Lipinski definition) is 3. The van der Waals surface area contributed by atoms with Gasteiger partial charge in [0.05, 0.1) is 11.7 Å². The molecule has 6 nitrogen and oxygen atoms in total. The second-order valence-electron chi connectivity index (χ2n) is 6.98. The number of nitrogens with zero attached hydrogens (tertiary/aromatic N) is 1. The van der Waals surface area contributed by atoms with E-state index in [1.54, 1.807) is 0 Å². The van der Waals surface area contributed by atoms with Crippen LogP contribution in [0.1, 0.15) is 42.6 Å². The molecule has 1 fully saturated rings. The lowest BCUT2D eigenvalue weighted by Crippen LogP contribution is -2.52. The molecule has 1 aromatic heterocycles. The summed E-state index contributed by atoms with van der Waals surface area (Å²) in [7, 11) is 0. The van der Waals surface area contributed by atoms with E-state index in [0.717, 1.165) is 42.0 Å². The van der Waals surface area contributed by atoms with Crippen LogP contribution < -0.4 is 10.1 Å². The van der Waals surface area contributed by atoms with E-state index in [2.05, 4.69) is 15.5 Å². The minimum Gasteiger partial charge on any atom is -0.488 e. The lowest BCUT2D eigenvalue weighted by molar-refractivity contribution is -0.124. The van der Waals surface area contributed by atoms with Crippen LogP contribution in [0, 0.1) is 13.8 Å². The molecule has 0 unspecified atom stereocenters. The van der Waals surface area contributed by atoms with E-state index in [1.165, 1.54) is 0 Å². The van der Waals surface area contributed by atoms with Crippen molar-refractivity contribution in [1.82, 2.24) is 15.5 Å². The van der Waals surface area contributed by atoms with E-state index in [-0.39, 0.29) is 18.1 Å². The summed E-state index contributed by atoms with van der Waals surface area (Å²) in [5, 5.41) is 20.7. The van der Waals surface area contributed by atoms with E-state index in [4.69, 9.17) is 4.74 Å². The number of nitrogens with one attached hydrogen (secondary N) is 2. The number of carbonyl (C=O) groups is 1. The number of rotatable bonds is 6. The number of aromatic nitrogens is 2. The Hall–Kier alpha value is -2.34. The third-order valence-electron chi connectivity index (χ3n) is 5.06. The van der Waals surface area contributed by atoms with Crippen molar-refractivity contribution in [3.8, 4) is 5.75 Å². The molecule has 140 valence electrons. The molecule has 1 amide bonds. The Bertz CT molecular complexity index is 710. The molecule has 26 heavy (non-hydrogen) atoms. The Labute approximate surface area is 154 Å². The Morgan fingerprint density at radius 1 is 1.31 bits per heavy atom. The SMILES string of the molecule is Cc1n[nH]c(C)c1CCC(=O)N[C@@H]1CCC[C@@H](Oc2ccccc2)[C@@H]1O. The van der Waals surface area contributed by atoms with Crippen LogP contribution in [0.5, 0.6) is 5.75 Å². The molecule has 3 N–H and O–H groups in total. The van der Waals surface area contributed by atoms with Gasteiger partial charge in [-0.3, -0.25) is 9.89 Å². The van der Waals surface area contributed by atoms with Gasteiger partial charge in [0.15, 0.2) is 0 Å². The van der Waals surface area contributed by atoms with E-state index >= 15 is 0 Å². The summed E-state index contributed by atoms with van der Waals surface area (Å²) < 4.78 is 5.92. The van der Waals surface area contributed by atoms with Crippen molar-refractivity contribution in [2.24, 2.45) is 0 Å². The molecular weight excluding hydrogens is 330 g/mol. The first-order valence-corrected chi connectivity index (χ1v) is 9.24. The molecule has 1 saturated carbocycles. The molecule has 1 aliphatic carbocycles. The summed E-state index contributed by atoms with van der Waals surface area (Å²) in [5.74, 6) is 0.698. The highest BCUT2D eigenvalue weighted by Gasteiger charge is 2.34. The second kappa shape index (κ2) is 8.36. The zero-order valence-corrected chi connectivity index (χ0v) is 15.4. The highest BCUT2D eigenvalue weighted by atomic mass is 16.5. The number of benzene rings is 1. The lowest BCUT2D eigenvalue weighted by Gasteiger charge is -2.35. The summed E-state index contributed by atoms with van der Waals surface area (Å²) in [6.07, 6.45) is 2.50. The summed E-state index contributed by atoms with van der Waals surface area (Å²) in [6.45, 7) is 3.90. The normalized spacial score (nSPS) is 22.8. The zero-order valence-electron chi connectivity index (χ0n) is 15.4. The fourth-order valence-corrected chi connectivity index (χ4v) is 3.56. The molecule has 3 rings (SSSR count). The summed E-state index contributed by atoms with van der Waals surface area (Å²) >= 11 is 0. The Kier molecular flexibility index (Phi) is 5.93. The summed E-state index contributed by atoms with van der Waals surface area (Å²) in [5.41, 5.74) is 3.03. The molecule has 1 aromatic carbocycles. The first-order valence-electron chi connectivity index (χ1n) is 9.24. The van der Waals surface area contributed by atoms with Crippen LogP contribution in [0.2, 0.25) is 0 Å². The average molecular weight is 357 g/mol. The van der Waals surface area contributed by atoms with Crippen LogP contribution in [-0.2, 0) is 11.2 Å². The third kappa shape index (κ3) is 4.43. The molecule has 0 bridgehead atoms. The minimum atomic E-state index is -0.703. The molecular formula is C20H27N3O3. The highest BCUT2D eigenvalue weighted by Crippen LogP contribution is 2.24. The maximum absolute atomic E-state index is 12.3. The van der Waals surface area contributed by atoms with Gasteiger partial charge in [-0.2, -0.15) is 5.10 Å². The molecule has 1 heterocycles. The van der Waals surface area contributed by atoms with Crippen LogP contribution >= 0.6 is 0 Å². The minimum absolute atomic E-state index is 0.0468. The maximum Gasteiger partial charge on any atom is 0.220 e. The molecule has 0 spiro atoms. The van der Waals surface area contributed by atoms with Gasteiger partial charge in [-0.1, -0.05) is 18.2 Å². The summed E-state index contributed by atoms with van der Waals surface area (Å²) in [4.78, 5) is 12.3. The van der Waals surface area contributed by atoms with E-state index in [0.29, 0.717) is 12.8 Å². The lowest BCUT2D eigenvalue weighted by atomic mass is 9.89. The fourth-order valence-electron chi connectivity index (χ4n) is 3.56. The standard InChI is InChI=1S/C20H27N3O3/c1-13-16(14(2)23-22-13)11-12-19(24)21-17-9-6-10-18(20(17)25)26-15-7-4-3-5-8-15/h3-5,7-8,17-18,20,25H,6,9-12H2,1-2H3,(H,21,24)(H,22,23)/t17-,18-,20-/m1/s1. The molecule has 2 aromatic rings. The van der Waals surface area contributed by atoms with Gasteiger partial charge in [-0.15, -0.1) is 0 Å². The van der Waals surface area contributed by atoms with Crippen molar-refractivity contribution in [3.05, 3.63) is 47.3 Å². The van der Waals surface area contributed by atoms with E-state index < -0.39 is 6.10 Å². The van der Waals surface area contributed by atoms with Gasteiger partial charge in [-0.05, 0) is 57.2 Å². The van der Waals surface area contributed by atoms with Crippen LogP contribution in [0.25, 0.3) is 0 Å². The molecule has 0 saturated heterocycles. The first-order chi connectivity index (χ1) is 12.5. The van der Waals surface area contributed by atoms with Crippen molar-refractivity contribution < 1.29 is 14.6 Å². The average Bonchev–Trinajstić information content (AvgIpc) is 2.95. The number of H-pyrrole nitrogens is 1. The first kappa shape index (κ1) is 18.5. The van der Waals surface area contributed by atoms with Crippen LogP contribution in [0.4, 0.5) is 0 Å². The van der Waals surface area contributed by atoms with Gasteiger partial charge in [0.1, 0.15) is 18.0 Å². The maximum atomic E-state index is 12.3. The van der Waals surface area contributed by atoms with Gasteiger partial charge in [0.25, 0.3) is 0 Å². The number of ether oxygens (including phenoxy) is 1. The molecule has 1 aliphatic rings. The largest absolute Gasteiger partial charge is 0.488 e. The Balaban J connectivity index is 1.52. The van der Waals surface area contributed by atoms with Crippen LogP contribution in [-0.4, -0.2) is 39.5 Å². The topological polar surface area (TPSA) is 87.2 Å². The third-order valence-corrected chi connectivity index (χ3v) is 5.06. The zero-order chi connectivity index (χ0) is 18.5. The molecule has 0 radical (unpaired) electrons. The second-order valence-corrected chi connectivity index (χ2v) is 6.98. The number of para-hydroxylation sites is 1. The number of hydrogen-bond acceptors (Lipinski definition) is 4. The van der Waals surface area contributed by atoms with Gasteiger partial charge in [0.2, 0.25) is 5.91 Å². The number of aliphatic hydroxyl groups excluding tert-OH is 1. The molecule has 0 aliphatic heterocycles. The van der Waals surface area contributed by atoms with E-state index in [1.807, 2.05) is 44.2 Å². The number of aliphatic hydroxyl groups is 1. The molecule has 6 heteroatoms.